The molecule has 0 atom stereocenters. The van der Waals surface area contributed by atoms with Gasteiger partial charge in [-0.15, -0.1) is 0 Å². The molecule has 144 valence electrons. The number of nitro groups is 1. The fraction of sp³-hybridized carbons (Fsp3) is 0.0455. The number of anilines is 1. The van der Waals surface area contributed by atoms with E-state index in [1.54, 1.807) is 30.3 Å². The lowest BCUT2D eigenvalue weighted by Crippen LogP contribution is -2.05. The average Bonchev–Trinajstić information content (AvgIpc) is 2.88. The quantitative estimate of drug-likeness (QED) is 0.362. The van der Waals surface area contributed by atoms with Crippen molar-refractivity contribution in [1.29, 1.82) is 0 Å². The maximum Gasteiger partial charge on any atom is 0.276 e. The molecule has 29 heavy (non-hydrogen) atoms. The Morgan fingerprint density at radius 2 is 1.79 bits per heavy atom. The molecule has 0 unspecified atom stereocenters. The van der Waals surface area contributed by atoms with Crippen LogP contribution in [0.5, 0.6) is 23.0 Å². The van der Waals surface area contributed by atoms with Crippen molar-refractivity contribution in [1.82, 2.24) is 0 Å². The number of non-ortho nitro benzene ring substituents is 1. The SMILES string of the molecule is CC(=O)Nc1ccc(Oc2cc([N+](=O)[O-])cc3c2C=Cc2ccccc2O3)cc1. The van der Waals surface area contributed by atoms with Gasteiger partial charge >= 0.3 is 0 Å². The van der Waals surface area contributed by atoms with E-state index in [9.17, 15) is 14.9 Å². The molecule has 1 heterocycles. The monoisotopic (exact) mass is 388 g/mol. The Balaban J connectivity index is 1.73. The van der Waals surface area contributed by atoms with Gasteiger partial charge in [-0.3, -0.25) is 14.9 Å². The first-order valence-corrected chi connectivity index (χ1v) is 8.82. The summed E-state index contributed by atoms with van der Waals surface area (Å²) in [5, 5.41) is 14.1. The van der Waals surface area contributed by atoms with Crippen molar-refractivity contribution >= 4 is 29.4 Å². The molecule has 0 spiro atoms. The molecule has 0 fully saturated rings. The van der Waals surface area contributed by atoms with Crippen molar-refractivity contribution in [2.24, 2.45) is 0 Å². The molecule has 7 nitrogen and oxygen atoms in total. The number of carbonyl (C=O) groups is 1. The molecule has 0 aromatic heterocycles. The van der Waals surface area contributed by atoms with Crippen LogP contribution < -0.4 is 14.8 Å². The number of para-hydroxylation sites is 1. The number of nitro benzene ring substituents is 1. The highest BCUT2D eigenvalue weighted by Gasteiger charge is 2.21. The highest BCUT2D eigenvalue weighted by molar-refractivity contribution is 5.88. The molecule has 0 aliphatic carbocycles. The summed E-state index contributed by atoms with van der Waals surface area (Å²) in [5.74, 6) is 1.53. The van der Waals surface area contributed by atoms with Crippen LogP contribution in [0.4, 0.5) is 11.4 Å². The van der Waals surface area contributed by atoms with Gasteiger partial charge in [-0.05, 0) is 36.4 Å². The van der Waals surface area contributed by atoms with E-state index in [2.05, 4.69) is 5.32 Å². The van der Waals surface area contributed by atoms with Crippen LogP contribution in [0.15, 0.2) is 60.7 Å². The van der Waals surface area contributed by atoms with Crippen molar-refractivity contribution < 1.29 is 19.2 Å². The summed E-state index contributed by atoms with van der Waals surface area (Å²) < 4.78 is 11.9. The van der Waals surface area contributed by atoms with E-state index in [1.807, 2.05) is 30.4 Å². The molecular weight excluding hydrogens is 372 g/mol. The number of benzene rings is 3. The van der Waals surface area contributed by atoms with Crippen LogP contribution in [0.1, 0.15) is 18.1 Å². The Labute approximate surface area is 166 Å². The number of nitrogens with one attached hydrogen (secondary N) is 1. The third kappa shape index (κ3) is 3.93. The Hall–Kier alpha value is -4.13. The lowest BCUT2D eigenvalue weighted by Gasteiger charge is -2.13. The maximum absolute atomic E-state index is 11.4. The van der Waals surface area contributed by atoms with Crippen molar-refractivity contribution in [3.05, 3.63) is 81.9 Å². The second kappa shape index (κ2) is 7.47. The second-order valence-corrected chi connectivity index (χ2v) is 6.39. The summed E-state index contributed by atoms with van der Waals surface area (Å²) in [5.41, 5.74) is 1.94. The molecule has 7 heteroatoms. The lowest BCUT2D eigenvalue weighted by molar-refractivity contribution is -0.385. The van der Waals surface area contributed by atoms with Crippen LogP contribution in [0.2, 0.25) is 0 Å². The molecule has 1 amide bonds. The van der Waals surface area contributed by atoms with Crippen LogP contribution in [-0.2, 0) is 4.79 Å². The zero-order valence-corrected chi connectivity index (χ0v) is 15.4. The number of fused-ring (bicyclic) bond motifs is 2. The Bertz CT molecular complexity index is 1140. The number of hydrogen-bond donors (Lipinski definition) is 1. The summed E-state index contributed by atoms with van der Waals surface area (Å²) in [4.78, 5) is 22.1. The number of hydrogen-bond acceptors (Lipinski definition) is 5. The van der Waals surface area contributed by atoms with E-state index in [-0.39, 0.29) is 11.6 Å². The third-order valence-electron chi connectivity index (χ3n) is 4.27. The summed E-state index contributed by atoms with van der Waals surface area (Å²) in [6.07, 6.45) is 3.69. The van der Waals surface area contributed by atoms with Gasteiger partial charge in [0.1, 0.15) is 23.0 Å². The van der Waals surface area contributed by atoms with Gasteiger partial charge < -0.3 is 14.8 Å². The van der Waals surface area contributed by atoms with Gasteiger partial charge in [0, 0.05) is 18.2 Å². The summed E-state index contributed by atoms with van der Waals surface area (Å²) >= 11 is 0. The first-order valence-electron chi connectivity index (χ1n) is 8.82. The van der Waals surface area contributed by atoms with Crippen LogP contribution in [-0.4, -0.2) is 10.8 Å². The summed E-state index contributed by atoms with van der Waals surface area (Å²) in [7, 11) is 0. The van der Waals surface area contributed by atoms with Gasteiger partial charge in [0.2, 0.25) is 5.91 Å². The molecule has 3 aromatic rings. The average molecular weight is 388 g/mol. The van der Waals surface area contributed by atoms with Crippen molar-refractivity contribution in [3.8, 4) is 23.0 Å². The van der Waals surface area contributed by atoms with Gasteiger partial charge in [0.05, 0.1) is 22.6 Å². The molecule has 4 rings (SSSR count). The highest BCUT2D eigenvalue weighted by Crippen LogP contribution is 2.42. The van der Waals surface area contributed by atoms with Crippen LogP contribution >= 0.6 is 0 Å². The van der Waals surface area contributed by atoms with E-state index in [0.29, 0.717) is 34.2 Å². The normalized spacial score (nSPS) is 11.5. The van der Waals surface area contributed by atoms with Gasteiger partial charge in [-0.2, -0.15) is 0 Å². The minimum Gasteiger partial charge on any atom is -0.456 e. The summed E-state index contributed by atoms with van der Waals surface area (Å²) in [6.45, 7) is 1.42. The summed E-state index contributed by atoms with van der Waals surface area (Å²) in [6, 6.07) is 16.9. The number of nitrogens with zero attached hydrogens (tertiary/aromatic N) is 1. The fourth-order valence-corrected chi connectivity index (χ4v) is 2.97. The van der Waals surface area contributed by atoms with E-state index >= 15 is 0 Å². The molecule has 1 aliphatic rings. The predicted molar refractivity (Wildman–Crippen MR) is 109 cm³/mol. The molecule has 1 N–H and O–H groups in total. The number of amides is 1. The number of carbonyl (C=O) groups excluding carboxylic acids is 1. The van der Waals surface area contributed by atoms with Crippen LogP contribution in [0, 0.1) is 10.1 Å². The minimum atomic E-state index is -0.489. The van der Waals surface area contributed by atoms with Gasteiger partial charge in [-0.1, -0.05) is 24.3 Å². The highest BCUT2D eigenvalue weighted by atomic mass is 16.6. The molecule has 0 saturated carbocycles. The van der Waals surface area contributed by atoms with Gasteiger partial charge in [-0.25, -0.2) is 0 Å². The molecule has 1 aliphatic heterocycles. The molecular formula is C22H16N2O5. The van der Waals surface area contributed by atoms with Crippen molar-refractivity contribution in [2.75, 3.05) is 5.32 Å². The molecule has 0 bridgehead atoms. The Morgan fingerprint density at radius 1 is 1.03 bits per heavy atom. The maximum atomic E-state index is 11.4. The zero-order chi connectivity index (χ0) is 20.4. The minimum absolute atomic E-state index is 0.138. The smallest absolute Gasteiger partial charge is 0.276 e. The van der Waals surface area contributed by atoms with Gasteiger partial charge in [0.25, 0.3) is 5.69 Å². The van der Waals surface area contributed by atoms with Crippen molar-refractivity contribution in [2.45, 2.75) is 6.92 Å². The predicted octanol–water partition coefficient (Wildman–Crippen LogP) is 5.62. The van der Waals surface area contributed by atoms with E-state index < -0.39 is 4.92 Å². The standard InChI is InChI=1S/C22H16N2O5/c1-14(25)23-16-7-9-18(10-8-16)28-21-12-17(24(26)27)13-22-19(21)11-6-15-4-2-3-5-20(15)29-22/h2-13H,1H3,(H,23,25). The first-order chi connectivity index (χ1) is 14.0. The lowest BCUT2D eigenvalue weighted by atomic mass is 10.1. The van der Waals surface area contributed by atoms with Gasteiger partial charge in [0.15, 0.2) is 0 Å². The number of rotatable bonds is 4. The Kier molecular flexibility index (Phi) is 4.70. The molecule has 0 radical (unpaired) electrons. The van der Waals surface area contributed by atoms with E-state index in [1.165, 1.54) is 19.1 Å². The third-order valence-corrected chi connectivity index (χ3v) is 4.27. The largest absolute Gasteiger partial charge is 0.456 e. The molecule has 0 saturated heterocycles. The van der Waals surface area contributed by atoms with E-state index in [0.717, 1.165) is 5.56 Å². The van der Waals surface area contributed by atoms with Crippen LogP contribution in [0.3, 0.4) is 0 Å². The van der Waals surface area contributed by atoms with E-state index in [4.69, 9.17) is 9.47 Å². The Morgan fingerprint density at radius 3 is 2.52 bits per heavy atom. The van der Waals surface area contributed by atoms with Crippen molar-refractivity contribution in [3.63, 3.8) is 0 Å². The zero-order valence-electron chi connectivity index (χ0n) is 15.4. The molecule has 3 aromatic carbocycles. The topological polar surface area (TPSA) is 90.7 Å². The second-order valence-electron chi connectivity index (χ2n) is 6.39. The van der Waals surface area contributed by atoms with Crippen LogP contribution in [0.25, 0.3) is 12.2 Å². The fourth-order valence-electron chi connectivity index (χ4n) is 2.97. The first kappa shape index (κ1) is 18.2. The number of ether oxygens (including phenoxy) is 2.